The molecule has 0 aromatic heterocycles. The van der Waals surface area contributed by atoms with E-state index < -0.39 is 22.1 Å². The summed E-state index contributed by atoms with van der Waals surface area (Å²) in [7, 11) is -4.13. The average Bonchev–Trinajstić information content (AvgIpc) is 2.80. The predicted molar refractivity (Wildman–Crippen MR) is 125 cm³/mol. The number of hydrogen-bond acceptors (Lipinski definition) is 8. The summed E-state index contributed by atoms with van der Waals surface area (Å²) in [5.74, 6) is -0.859. The van der Waals surface area contributed by atoms with Gasteiger partial charge in [-0.15, -0.1) is 23.4 Å². The molecule has 0 radical (unpaired) electrons. The van der Waals surface area contributed by atoms with Crippen LogP contribution in [-0.4, -0.2) is 70.7 Å². The Labute approximate surface area is 198 Å². The van der Waals surface area contributed by atoms with Crippen molar-refractivity contribution < 1.29 is 32.5 Å². The topological polar surface area (TPSA) is 160 Å². The smallest absolute Gasteiger partial charge is 0.353 e. The second-order valence-corrected chi connectivity index (χ2v) is 9.70. The molecule has 4 N–H and O–H groups in total. The number of carbonyl (C=O) groups excluding carboxylic acids is 1. The molecular formula is C20H20ClN3O7S2. The number of nitrogens with two attached hydrogens (primary N) is 1. The Bertz CT molecular complexity index is 1230. The first kappa shape index (κ1) is 25.0. The predicted octanol–water partition coefficient (Wildman–Crippen LogP) is 1.90. The molecule has 10 nitrogen and oxygen atoms in total. The summed E-state index contributed by atoms with van der Waals surface area (Å²) in [6.45, 7) is 0.233. The van der Waals surface area contributed by atoms with Crippen LogP contribution >= 0.6 is 23.4 Å². The first-order valence-electron chi connectivity index (χ1n) is 9.50. The van der Waals surface area contributed by atoms with Crippen molar-refractivity contribution >= 4 is 62.3 Å². The highest BCUT2D eigenvalue weighted by Crippen LogP contribution is 2.38. The summed E-state index contributed by atoms with van der Waals surface area (Å²) in [4.78, 5) is 28.9. The van der Waals surface area contributed by atoms with Crippen LogP contribution in [-0.2, 0) is 24.5 Å². The zero-order chi connectivity index (χ0) is 24.2. The number of carboxylic acid groups (broad SMARTS) is 1. The lowest BCUT2D eigenvalue weighted by atomic mass is 10.0. The fourth-order valence-corrected chi connectivity index (χ4v) is 5.27. The number of rotatable bonds is 6. The molecular weight excluding hydrogens is 494 g/mol. The molecule has 2 aromatic carbocycles. The Hall–Kier alpha value is -2.64. The van der Waals surface area contributed by atoms with Crippen LogP contribution < -0.4 is 5.73 Å². The second-order valence-electron chi connectivity index (χ2n) is 6.82. The van der Waals surface area contributed by atoms with Gasteiger partial charge in [0, 0.05) is 16.7 Å². The van der Waals surface area contributed by atoms with Crippen LogP contribution in [0.2, 0.25) is 0 Å². The molecule has 0 bridgehead atoms. The molecule has 13 heteroatoms. The Morgan fingerprint density at radius 2 is 2.00 bits per heavy atom. The standard InChI is InChI=1S/C10H12ClN3O4S.C10H8O3S/c11-1-2-18-13-3-5-4-19-9-6(12)8(15)14(9)7(5)10(16)17;11-14(12,13)10-7-3-5-8-4-1-2-6-9(8)10/h3,6,9H,1-2,4,12H2,(H,16,17);1-7H,(H,11,12,13)/b13-3+;/t6-,9-;/m1./s1. The third kappa shape index (κ3) is 5.47. The number of carboxylic acids is 1. The van der Waals surface area contributed by atoms with Gasteiger partial charge < -0.3 is 15.7 Å². The number of β-lactam (4-membered cyclic amide) rings is 1. The number of amides is 1. The largest absolute Gasteiger partial charge is 0.477 e. The molecule has 2 aromatic rings. The van der Waals surface area contributed by atoms with Crippen LogP contribution in [0.15, 0.2) is 63.8 Å². The number of nitrogens with zero attached hydrogens (tertiary/aromatic N) is 2. The van der Waals surface area contributed by atoms with Crippen molar-refractivity contribution in [1.82, 2.24) is 4.90 Å². The van der Waals surface area contributed by atoms with E-state index in [1.807, 2.05) is 6.07 Å². The lowest BCUT2D eigenvalue weighted by molar-refractivity contribution is -0.147. The molecule has 0 spiro atoms. The van der Waals surface area contributed by atoms with E-state index in [1.54, 1.807) is 30.3 Å². The van der Waals surface area contributed by atoms with E-state index in [4.69, 9.17) is 26.7 Å². The van der Waals surface area contributed by atoms with Gasteiger partial charge in [-0.2, -0.15) is 8.42 Å². The molecule has 2 aliphatic heterocycles. The zero-order valence-electron chi connectivity index (χ0n) is 17.0. The number of oxime groups is 1. The van der Waals surface area contributed by atoms with E-state index in [9.17, 15) is 23.1 Å². The van der Waals surface area contributed by atoms with E-state index in [-0.39, 0.29) is 28.5 Å². The fourth-order valence-electron chi connectivity index (χ4n) is 3.25. The summed E-state index contributed by atoms with van der Waals surface area (Å²) in [5, 5.41) is 13.9. The molecule has 33 heavy (non-hydrogen) atoms. The molecule has 1 saturated heterocycles. The first-order chi connectivity index (χ1) is 15.7. The van der Waals surface area contributed by atoms with Gasteiger partial charge in [-0.25, -0.2) is 4.79 Å². The maximum absolute atomic E-state index is 11.6. The minimum atomic E-state index is -4.13. The zero-order valence-corrected chi connectivity index (χ0v) is 19.4. The number of benzene rings is 2. The number of thioether (sulfide) groups is 1. The monoisotopic (exact) mass is 513 g/mol. The van der Waals surface area contributed by atoms with Gasteiger partial charge in [0.2, 0.25) is 5.91 Å². The minimum Gasteiger partial charge on any atom is -0.477 e. The SMILES string of the molecule is N[C@@H]1C(=O)N2C(C(=O)O)=C(/C=N/OCCCl)CS[C@H]12.O=S(=O)(O)c1cccc2ccccc12. The number of aliphatic carboxylic acids is 1. The van der Waals surface area contributed by atoms with Gasteiger partial charge >= 0.3 is 5.97 Å². The van der Waals surface area contributed by atoms with Crippen molar-refractivity contribution in [3.8, 4) is 0 Å². The van der Waals surface area contributed by atoms with Crippen molar-refractivity contribution in [2.75, 3.05) is 18.2 Å². The molecule has 2 heterocycles. The molecule has 2 atom stereocenters. The summed E-state index contributed by atoms with van der Waals surface area (Å²) in [6, 6.07) is 11.2. The quantitative estimate of drug-likeness (QED) is 0.131. The van der Waals surface area contributed by atoms with Gasteiger partial charge in [0.15, 0.2) is 0 Å². The van der Waals surface area contributed by atoms with Crippen LogP contribution in [0.25, 0.3) is 10.8 Å². The van der Waals surface area contributed by atoms with Gasteiger partial charge in [0.05, 0.1) is 12.1 Å². The van der Waals surface area contributed by atoms with Gasteiger partial charge in [-0.3, -0.25) is 14.2 Å². The molecule has 176 valence electrons. The maximum atomic E-state index is 11.6. The van der Waals surface area contributed by atoms with Crippen molar-refractivity contribution in [2.45, 2.75) is 16.3 Å². The van der Waals surface area contributed by atoms with E-state index in [0.717, 1.165) is 5.39 Å². The lowest BCUT2D eigenvalue weighted by Gasteiger charge is -2.47. The van der Waals surface area contributed by atoms with Crippen molar-refractivity contribution in [1.29, 1.82) is 0 Å². The third-order valence-electron chi connectivity index (χ3n) is 4.72. The molecule has 0 unspecified atom stereocenters. The van der Waals surface area contributed by atoms with Gasteiger partial charge in [-0.05, 0) is 11.5 Å². The van der Waals surface area contributed by atoms with Crippen molar-refractivity contribution in [2.24, 2.45) is 10.9 Å². The van der Waals surface area contributed by atoms with Gasteiger partial charge in [-0.1, -0.05) is 41.6 Å². The van der Waals surface area contributed by atoms with Crippen LogP contribution in [0.5, 0.6) is 0 Å². The number of carbonyl (C=O) groups is 2. The number of alkyl halides is 1. The van der Waals surface area contributed by atoms with Crippen molar-refractivity contribution in [3.05, 3.63) is 53.7 Å². The number of halogens is 1. The van der Waals surface area contributed by atoms with Crippen LogP contribution in [0.4, 0.5) is 0 Å². The highest BCUT2D eigenvalue weighted by molar-refractivity contribution is 8.00. The normalized spacial score (nSPS) is 20.2. The maximum Gasteiger partial charge on any atom is 0.353 e. The number of hydrogen-bond donors (Lipinski definition) is 3. The van der Waals surface area contributed by atoms with Crippen molar-refractivity contribution in [3.63, 3.8) is 0 Å². The Morgan fingerprint density at radius 1 is 1.30 bits per heavy atom. The second kappa shape index (κ2) is 10.5. The molecule has 1 fully saturated rings. The third-order valence-corrected chi connectivity index (χ3v) is 7.11. The van der Waals surface area contributed by atoms with E-state index >= 15 is 0 Å². The van der Waals surface area contributed by atoms with Crippen LogP contribution in [0.3, 0.4) is 0 Å². The fraction of sp³-hybridized carbons (Fsp3) is 0.250. The minimum absolute atomic E-state index is 0.0457. The molecule has 0 saturated carbocycles. The number of fused-ring (bicyclic) bond motifs is 2. The van der Waals surface area contributed by atoms with Gasteiger partial charge in [0.1, 0.15) is 28.6 Å². The molecule has 1 amide bonds. The molecule has 4 rings (SSSR count). The highest BCUT2D eigenvalue weighted by Gasteiger charge is 2.51. The summed E-state index contributed by atoms with van der Waals surface area (Å²) in [6.07, 6.45) is 1.30. The summed E-state index contributed by atoms with van der Waals surface area (Å²) < 4.78 is 31.0. The van der Waals surface area contributed by atoms with E-state index in [0.29, 0.717) is 22.6 Å². The average molecular weight is 514 g/mol. The Kier molecular flexibility index (Phi) is 7.97. The highest BCUT2D eigenvalue weighted by atomic mass is 35.5. The summed E-state index contributed by atoms with van der Waals surface area (Å²) >= 11 is 6.82. The van der Waals surface area contributed by atoms with Crippen LogP contribution in [0.1, 0.15) is 0 Å². The Morgan fingerprint density at radius 3 is 2.67 bits per heavy atom. The molecule has 0 aliphatic carbocycles. The van der Waals surface area contributed by atoms with E-state index in [2.05, 4.69) is 5.16 Å². The first-order valence-corrected chi connectivity index (χ1v) is 12.5. The van der Waals surface area contributed by atoms with E-state index in [1.165, 1.54) is 28.9 Å². The van der Waals surface area contributed by atoms with Gasteiger partial charge in [0.25, 0.3) is 10.1 Å². The Balaban J connectivity index is 0.000000194. The lowest BCUT2D eigenvalue weighted by Crippen LogP contribution is -2.68. The summed E-state index contributed by atoms with van der Waals surface area (Å²) in [5.41, 5.74) is 5.97. The van der Waals surface area contributed by atoms with Crippen LogP contribution in [0, 0.1) is 0 Å². The molecule has 2 aliphatic rings.